The van der Waals surface area contributed by atoms with Gasteiger partial charge in [-0.2, -0.15) is 0 Å². The van der Waals surface area contributed by atoms with Gasteiger partial charge in [0.15, 0.2) is 0 Å². The van der Waals surface area contributed by atoms with Crippen LogP contribution in [0.2, 0.25) is 0 Å². The highest BCUT2D eigenvalue weighted by Gasteiger charge is 2.45. The maximum absolute atomic E-state index is 17.1. The van der Waals surface area contributed by atoms with Crippen molar-refractivity contribution in [3.63, 3.8) is 0 Å². The Morgan fingerprint density at radius 1 is 0.867 bits per heavy atom. The predicted octanol–water partition coefficient (Wildman–Crippen LogP) is 9.95. The Labute approximate surface area is 439 Å². The number of aromatic nitrogens is 6. The topological polar surface area (TPSA) is 211 Å². The summed E-state index contributed by atoms with van der Waals surface area (Å²) in [6.45, 7) is 17.1. The molecule has 0 bridgehead atoms. The van der Waals surface area contributed by atoms with Gasteiger partial charge < -0.3 is 49.3 Å². The van der Waals surface area contributed by atoms with Crippen molar-refractivity contribution in [3.8, 4) is 39.5 Å². The Kier molecular flexibility index (Phi) is 13.8. The first-order valence-electron chi connectivity index (χ1n) is 25.9. The van der Waals surface area contributed by atoms with Gasteiger partial charge in [-0.3, -0.25) is 14.2 Å². The van der Waals surface area contributed by atoms with Crippen LogP contribution >= 0.6 is 11.3 Å². The van der Waals surface area contributed by atoms with Crippen LogP contribution in [0.5, 0.6) is 5.75 Å². The van der Waals surface area contributed by atoms with E-state index in [1.54, 1.807) is 28.6 Å². The number of alkyl carbamates (subject to hydrolysis) is 2. The fraction of sp³-hybridized carbons (Fsp3) is 0.509. The molecule has 4 aliphatic rings. The minimum atomic E-state index is -0.798. The van der Waals surface area contributed by atoms with Crippen molar-refractivity contribution < 1.29 is 42.5 Å². The van der Waals surface area contributed by atoms with Gasteiger partial charge in [-0.25, -0.2) is 28.9 Å². The average Bonchev–Trinajstić information content (AvgIpc) is 4.26. The standard InChI is InChI=1S/C55H67FN10O8S/c1-28(2)44(62-52(69)71-9)48(67)64-18-11-12-38(64)46-57-26-36(61-46)32-21-34(56)43-40-22-33-20-30(14-16-37(33)66(40)50(74-41(43)23-32)42-27-59-51(75-42)54(4,5)6)35-25-58-47(60-35)39-15-13-29(3)65(39)49(68)45(63-53(70)72-10)31-17-19-73-55(7,8)24-31/h14,16,20-23,25-29,31,38-39,44-45,50H,11-13,15,17-19,24H2,1-10H3,(H,57,61)(H,58,60)(H,62,69)(H,63,70)/t29-,31?,38-,39-,44?,45?,50?/m0/s1. The number of aromatic amines is 2. The number of hydrogen-bond acceptors (Lipinski definition) is 12. The number of imidazole rings is 2. The molecular weight excluding hydrogens is 980 g/mol. The summed E-state index contributed by atoms with van der Waals surface area (Å²) in [5, 5.41) is 7.35. The molecule has 3 fully saturated rings. The number of likely N-dealkylation sites (tertiary alicyclic amines) is 2. The lowest BCUT2D eigenvalue weighted by molar-refractivity contribution is -0.141. The summed E-state index contributed by atoms with van der Waals surface area (Å²) in [7, 11) is 2.57. The quantitative estimate of drug-likeness (QED) is 0.0959. The number of amides is 4. The minimum Gasteiger partial charge on any atom is -0.464 e. The number of H-pyrrole nitrogens is 2. The third-order valence-corrected chi connectivity index (χ3v) is 16.7. The van der Waals surface area contributed by atoms with Crippen LogP contribution in [-0.2, 0) is 29.2 Å². The second kappa shape index (κ2) is 20.0. The van der Waals surface area contributed by atoms with Crippen molar-refractivity contribution in [2.45, 2.75) is 141 Å². The van der Waals surface area contributed by atoms with E-state index in [9.17, 15) is 19.2 Å². The Morgan fingerprint density at radius 3 is 2.25 bits per heavy atom. The molecule has 0 saturated carbocycles. The lowest BCUT2D eigenvalue weighted by Gasteiger charge is -2.40. The van der Waals surface area contributed by atoms with Crippen molar-refractivity contribution in [1.82, 2.24) is 49.9 Å². The molecular formula is C55H67FN10O8S. The van der Waals surface area contributed by atoms with Crippen molar-refractivity contribution in [2.24, 2.45) is 11.8 Å². The molecule has 8 heterocycles. The van der Waals surface area contributed by atoms with Gasteiger partial charge >= 0.3 is 12.2 Å². The number of benzene rings is 2. The zero-order chi connectivity index (χ0) is 53.2. The fourth-order valence-electron chi connectivity index (χ4n) is 11.4. The molecule has 2 aromatic carbocycles. The third kappa shape index (κ3) is 9.86. The Hall–Kier alpha value is -6.80. The van der Waals surface area contributed by atoms with E-state index in [1.165, 1.54) is 20.3 Å². The molecule has 4 aromatic heterocycles. The number of rotatable bonds is 11. The van der Waals surface area contributed by atoms with Crippen LogP contribution in [0.1, 0.15) is 134 Å². The minimum absolute atomic E-state index is 0.0960. The van der Waals surface area contributed by atoms with E-state index in [1.807, 2.05) is 74.5 Å². The molecule has 6 aromatic rings. The summed E-state index contributed by atoms with van der Waals surface area (Å²) >= 11 is 1.56. The van der Waals surface area contributed by atoms with Gasteiger partial charge in [-0.1, -0.05) is 40.7 Å². The smallest absolute Gasteiger partial charge is 0.407 e. The highest BCUT2D eigenvalue weighted by molar-refractivity contribution is 7.11. The van der Waals surface area contributed by atoms with Crippen LogP contribution in [0.25, 0.3) is 44.7 Å². The second-order valence-electron chi connectivity index (χ2n) is 22.4. The van der Waals surface area contributed by atoms with Gasteiger partial charge in [0.1, 0.15) is 35.3 Å². The maximum Gasteiger partial charge on any atom is 0.407 e. The van der Waals surface area contributed by atoms with Gasteiger partial charge in [0.25, 0.3) is 0 Å². The van der Waals surface area contributed by atoms with E-state index in [2.05, 4.69) is 47.4 Å². The number of thiazole rings is 1. The Balaban J connectivity index is 0.967. The summed E-state index contributed by atoms with van der Waals surface area (Å²) in [5.41, 5.74) is 3.79. The number of fused-ring (bicyclic) bond motifs is 5. The SMILES string of the molecule is COC(=O)NC(C(=O)N1CCC[C@H]1c1ncc(-c2cc(F)c3c(c2)OC(c2cnc(C(C)(C)C)s2)n2c-3cc3cc(-c4cnc([C@@H]5CC[C@H](C)N5C(=O)C(NC(=O)OC)C5CCOC(C)(C)C5)[nH]4)ccc32)[nH]1)C(C)C. The summed E-state index contributed by atoms with van der Waals surface area (Å²) < 4.78 is 41.8. The number of nitrogens with one attached hydrogen (secondary N) is 4. The first-order valence-corrected chi connectivity index (χ1v) is 26.7. The lowest BCUT2D eigenvalue weighted by atomic mass is 9.82. The first kappa shape index (κ1) is 51.7. The van der Waals surface area contributed by atoms with E-state index in [-0.39, 0.29) is 47.2 Å². The zero-order valence-electron chi connectivity index (χ0n) is 44.2. The number of methoxy groups -OCH3 is 2. The first-order chi connectivity index (χ1) is 35.7. The largest absolute Gasteiger partial charge is 0.464 e. The normalized spacial score (nSPS) is 22.1. The van der Waals surface area contributed by atoms with Crippen molar-refractivity contribution in [1.29, 1.82) is 0 Å². The molecule has 0 radical (unpaired) electrons. The Bertz CT molecular complexity index is 3150. The van der Waals surface area contributed by atoms with Crippen molar-refractivity contribution in [3.05, 3.63) is 82.3 Å². The number of carbonyl (C=O) groups is 4. The van der Waals surface area contributed by atoms with Crippen LogP contribution < -0.4 is 15.4 Å². The summed E-state index contributed by atoms with van der Waals surface area (Å²) in [6, 6.07) is 8.96. The summed E-state index contributed by atoms with van der Waals surface area (Å²) in [6.07, 6.45) is 7.36. The van der Waals surface area contributed by atoms with E-state index in [0.29, 0.717) is 78.7 Å². The maximum atomic E-state index is 17.1. The van der Waals surface area contributed by atoms with Crippen LogP contribution in [0.4, 0.5) is 14.0 Å². The fourth-order valence-corrected chi connectivity index (χ4v) is 12.4. The van der Waals surface area contributed by atoms with Gasteiger partial charge in [0.2, 0.25) is 18.0 Å². The lowest BCUT2D eigenvalue weighted by Crippen LogP contribution is -2.56. The monoisotopic (exact) mass is 1050 g/mol. The van der Waals surface area contributed by atoms with Crippen LogP contribution in [0.15, 0.2) is 55.0 Å². The number of ether oxygens (including phenoxy) is 4. The third-order valence-electron chi connectivity index (χ3n) is 15.3. The zero-order valence-corrected chi connectivity index (χ0v) is 45.0. The molecule has 0 aliphatic carbocycles. The predicted molar refractivity (Wildman–Crippen MR) is 280 cm³/mol. The number of nitrogens with zero attached hydrogens (tertiary/aromatic N) is 6. The molecule has 10 rings (SSSR count). The van der Waals surface area contributed by atoms with Crippen molar-refractivity contribution >= 4 is 46.2 Å². The molecule has 18 nitrogen and oxygen atoms in total. The molecule has 3 saturated heterocycles. The Morgan fingerprint density at radius 2 is 1.57 bits per heavy atom. The number of halogens is 1. The average molecular weight is 1050 g/mol. The summed E-state index contributed by atoms with van der Waals surface area (Å²) in [5.74, 6) is 0.351. The molecule has 4 unspecified atom stereocenters. The summed E-state index contributed by atoms with van der Waals surface area (Å²) in [4.78, 5) is 79.2. The molecule has 4 amide bonds. The molecule has 4 aliphatic heterocycles. The van der Waals surface area contributed by atoms with Gasteiger partial charge in [0, 0.05) is 47.3 Å². The highest BCUT2D eigenvalue weighted by atomic mass is 32.1. The van der Waals surface area contributed by atoms with E-state index in [0.717, 1.165) is 44.9 Å². The van der Waals surface area contributed by atoms with Crippen LogP contribution in [-0.4, -0.2) is 114 Å². The van der Waals surface area contributed by atoms with Gasteiger partial charge in [-0.15, -0.1) is 11.3 Å². The van der Waals surface area contributed by atoms with E-state index < -0.39 is 41.9 Å². The van der Waals surface area contributed by atoms with Crippen LogP contribution in [0.3, 0.4) is 0 Å². The molecule has 7 atom stereocenters. The molecule has 0 spiro atoms. The second-order valence-corrected chi connectivity index (χ2v) is 23.4. The number of carbonyl (C=O) groups excluding carboxylic acids is 4. The van der Waals surface area contributed by atoms with Gasteiger partial charge in [0.05, 0.1) is 82.3 Å². The van der Waals surface area contributed by atoms with Gasteiger partial charge in [-0.05, 0) is 101 Å². The van der Waals surface area contributed by atoms with E-state index >= 15 is 4.39 Å². The molecule has 4 N–H and O–H groups in total. The molecule has 398 valence electrons. The molecule has 75 heavy (non-hydrogen) atoms. The van der Waals surface area contributed by atoms with Crippen LogP contribution in [0, 0.1) is 17.7 Å². The van der Waals surface area contributed by atoms with Crippen molar-refractivity contribution in [2.75, 3.05) is 27.4 Å². The van der Waals surface area contributed by atoms with E-state index in [4.69, 9.17) is 33.9 Å². The molecule has 20 heteroatoms. The number of hydrogen-bond donors (Lipinski definition) is 4. The highest BCUT2D eigenvalue weighted by Crippen LogP contribution is 2.49.